The molecule has 168 valence electrons. The van der Waals surface area contributed by atoms with Gasteiger partial charge in [-0.25, -0.2) is 0 Å². The maximum atomic E-state index is 13.2. The number of carbonyl (C=O) groups is 2. The van der Waals surface area contributed by atoms with E-state index in [2.05, 4.69) is 10.3 Å². The maximum absolute atomic E-state index is 13.2. The number of halogens is 1. The van der Waals surface area contributed by atoms with Gasteiger partial charge < -0.3 is 19.9 Å². The Morgan fingerprint density at radius 3 is 2.85 bits per heavy atom. The SMILES string of the molecule is Cc1cc(C(=O)N2CCOCC2)c(/C=C2\C(=O)Nc3cccc(C4=CC=C(Cl)CC=C4)c32)[nH]1. The molecule has 2 N–H and O–H groups in total. The Morgan fingerprint density at radius 1 is 1.21 bits per heavy atom. The van der Waals surface area contributed by atoms with Gasteiger partial charge in [-0.05, 0) is 42.3 Å². The van der Waals surface area contributed by atoms with Crippen LogP contribution in [-0.4, -0.2) is 48.0 Å². The van der Waals surface area contributed by atoms with Gasteiger partial charge in [-0.15, -0.1) is 0 Å². The van der Waals surface area contributed by atoms with Crippen molar-refractivity contribution in [3.63, 3.8) is 0 Å². The van der Waals surface area contributed by atoms with Gasteiger partial charge in [0.25, 0.3) is 11.8 Å². The molecule has 0 bridgehead atoms. The van der Waals surface area contributed by atoms with Crippen LogP contribution in [-0.2, 0) is 9.53 Å². The van der Waals surface area contributed by atoms with E-state index in [0.717, 1.165) is 33.1 Å². The number of nitrogens with zero attached hydrogens (tertiary/aromatic N) is 1. The minimum Gasteiger partial charge on any atom is -0.378 e. The van der Waals surface area contributed by atoms with Crippen LogP contribution in [0.5, 0.6) is 0 Å². The van der Waals surface area contributed by atoms with Crippen LogP contribution in [0.25, 0.3) is 17.2 Å². The van der Waals surface area contributed by atoms with Crippen LogP contribution in [0.4, 0.5) is 5.69 Å². The molecule has 1 saturated heterocycles. The zero-order valence-corrected chi connectivity index (χ0v) is 19.0. The van der Waals surface area contributed by atoms with Crippen molar-refractivity contribution < 1.29 is 14.3 Å². The quantitative estimate of drug-likeness (QED) is 0.647. The van der Waals surface area contributed by atoms with Crippen molar-refractivity contribution >= 4 is 46.3 Å². The van der Waals surface area contributed by atoms with Crippen molar-refractivity contribution in [1.82, 2.24) is 9.88 Å². The van der Waals surface area contributed by atoms with Crippen molar-refractivity contribution in [1.29, 1.82) is 0 Å². The highest BCUT2D eigenvalue weighted by Crippen LogP contribution is 2.39. The monoisotopic (exact) mass is 461 g/mol. The summed E-state index contributed by atoms with van der Waals surface area (Å²) in [6.07, 6.45) is 10.3. The first kappa shape index (κ1) is 21.5. The fourth-order valence-electron chi connectivity index (χ4n) is 4.39. The van der Waals surface area contributed by atoms with E-state index in [1.54, 1.807) is 11.0 Å². The number of rotatable bonds is 3. The standard InChI is InChI=1S/C26H24ClN3O3/c1-16-14-20(26(32)30-10-12-33-13-11-30)23(28-16)15-21-24-19(6-3-7-22(24)29-25(21)31)17-4-2-5-18(27)9-8-17/h2-4,6-9,14-15,28H,5,10-13H2,1H3,(H,29,31)/b21-15-. The smallest absolute Gasteiger partial charge is 0.256 e. The van der Waals surface area contributed by atoms with Crippen LogP contribution in [0.2, 0.25) is 0 Å². The third kappa shape index (κ3) is 4.19. The van der Waals surface area contributed by atoms with Gasteiger partial charge in [0.2, 0.25) is 0 Å². The lowest BCUT2D eigenvalue weighted by atomic mass is 9.93. The average molecular weight is 462 g/mol. The molecule has 5 rings (SSSR count). The Hall–Kier alpha value is -3.35. The first-order valence-electron chi connectivity index (χ1n) is 11.0. The van der Waals surface area contributed by atoms with Crippen LogP contribution in [0.15, 0.2) is 53.6 Å². The van der Waals surface area contributed by atoms with Gasteiger partial charge in [0.15, 0.2) is 0 Å². The van der Waals surface area contributed by atoms with Crippen molar-refractivity contribution in [2.24, 2.45) is 0 Å². The van der Waals surface area contributed by atoms with E-state index < -0.39 is 0 Å². The summed E-state index contributed by atoms with van der Waals surface area (Å²) in [7, 11) is 0. The summed E-state index contributed by atoms with van der Waals surface area (Å²) in [4.78, 5) is 31.3. The molecular formula is C26H24ClN3O3. The lowest BCUT2D eigenvalue weighted by Crippen LogP contribution is -2.40. The predicted molar refractivity (Wildman–Crippen MR) is 131 cm³/mol. The summed E-state index contributed by atoms with van der Waals surface area (Å²) in [6.45, 7) is 4.09. The number of aryl methyl sites for hydroxylation is 1. The topological polar surface area (TPSA) is 74.4 Å². The first-order chi connectivity index (χ1) is 16.0. The molecule has 0 spiro atoms. The molecule has 2 aliphatic heterocycles. The molecule has 3 aliphatic rings. The summed E-state index contributed by atoms with van der Waals surface area (Å²) in [6, 6.07) is 7.65. The van der Waals surface area contributed by atoms with Crippen LogP contribution < -0.4 is 5.32 Å². The van der Waals surface area contributed by atoms with Crippen LogP contribution >= 0.6 is 11.6 Å². The lowest BCUT2D eigenvalue weighted by molar-refractivity contribution is -0.110. The van der Waals surface area contributed by atoms with Crippen LogP contribution in [0, 0.1) is 6.92 Å². The van der Waals surface area contributed by atoms with Gasteiger partial charge in [0, 0.05) is 41.5 Å². The number of aromatic nitrogens is 1. The number of anilines is 1. The molecule has 2 amide bonds. The number of H-pyrrole nitrogens is 1. The number of amides is 2. The van der Waals surface area contributed by atoms with Crippen molar-refractivity contribution in [3.8, 4) is 0 Å². The molecule has 33 heavy (non-hydrogen) atoms. The van der Waals surface area contributed by atoms with Gasteiger partial charge in [-0.1, -0.05) is 42.0 Å². The van der Waals surface area contributed by atoms with E-state index in [0.29, 0.717) is 49.6 Å². The minimum atomic E-state index is -0.193. The molecule has 0 atom stereocenters. The Labute approximate surface area is 197 Å². The molecular weight excluding hydrogens is 438 g/mol. The second-order valence-corrected chi connectivity index (χ2v) is 8.75. The Bertz CT molecular complexity index is 1260. The summed E-state index contributed by atoms with van der Waals surface area (Å²) in [5.74, 6) is -0.253. The molecule has 7 heteroatoms. The molecule has 0 radical (unpaired) electrons. The normalized spacial score (nSPS) is 19.2. The molecule has 1 aliphatic carbocycles. The zero-order valence-electron chi connectivity index (χ0n) is 18.3. The van der Waals surface area contributed by atoms with E-state index in [1.807, 2.05) is 55.5 Å². The zero-order chi connectivity index (χ0) is 22.9. The lowest BCUT2D eigenvalue weighted by Gasteiger charge is -2.26. The second kappa shape index (κ2) is 8.89. The highest BCUT2D eigenvalue weighted by Gasteiger charge is 2.29. The molecule has 0 unspecified atom stereocenters. The minimum absolute atomic E-state index is 0.0596. The highest BCUT2D eigenvalue weighted by atomic mass is 35.5. The maximum Gasteiger partial charge on any atom is 0.256 e. The van der Waals surface area contributed by atoms with Gasteiger partial charge in [0.1, 0.15) is 0 Å². The second-order valence-electron chi connectivity index (χ2n) is 8.27. The average Bonchev–Trinajstić information content (AvgIpc) is 3.25. The highest BCUT2D eigenvalue weighted by molar-refractivity contribution is 6.36. The number of allylic oxidation sites excluding steroid dienone is 6. The molecule has 0 saturated carbocycles. The molecule has 1 aromatic heterocycles. The van der Waals surface area contributed by atoms with Crippen molar-refractivity contribution in [2.75, 3.05) is 31.6 Å². The molecule has 6 nitrogen and oxygen atoms in total. The Balaban J connectivity index is 1.59. The fraction of sp³-hybridized carbons (Fsp3) is 0.231. The van der Waals surface area contributed by atoms with E-state index in [9.17, 15) is 9.59 Å². The number of aromatic amines is 1. The molecule has 2 aromatic rings. The summed E-state index contributed by atoms with van der Waals surface area (Å²) < 4.78 is 5.38. The molecule has 1 fully saturated rings. The number of morpholine rings is 1. The van der Waals surface area contributed by atoms with Gasteiger partial charge >= 0.3 is 0 Å². The third-order valence-corrected chi connectivity index (χ3v) is 6.27. The third-order valence-electron chi connectivity index (χ3n) is 5.99. The predicted octanol–water partition coefficient (Wildman–Crippen LogP) is 4.75. The Kier molecular flexibility index (Phi) is 5.79. The van der Waals surface area contributed by atoms with E-state index in [1.165, 1.54) is 0 Å². The number of benzene rings is 1. The van der Waals surface area contributed by atoms with E-state index in [4.69, 9.17) is 16.3 Å². The summed E-state index contributed by atoms with van der Waals surface area (Å²) >= 11 is 6.20. The molecule has 3 heterocycles. The first-order valence-corrected chi connectivity index (χ1v) is 11.4. The van der Waals surface area contributed by atoms with Crippen LogP contribution in [0.1, 0.15) is 39.3 Å². The van der Waals surface area contributed by atoms with Crippen molar-refractivity contribution in [2.45, 2.75) is 13.3 Å². The van der Waals surface area contributed by atoms with E-state index in [-0.39, 0.29) is 11.8 Å². The summed E-state index contributed by atoms with van der Waals surface area (Å²) in [5.41, 5.74) is 6.04. The van der Waals surface area contributed by atoms with Crippen molar-refractivity contribution in [3.05, 3.63) is 81.7 Å². The van der Waals surface area contributed by atoms with Gasteiger partial charge in [-0.2, -0.15) is 0 Å². The Morgan fingerprint density at radius 2 is 2.03 bits per heavy atom. The molecule has 1 aromatic carbocycles. The van der Waals surface area contributed by atoms with Gasteiger partial charge in [0.05, 0.1) is 30.0 Å². The van der Waals surface area contributed by atoms with Crippen LogP contribution in [0.3, 0.4) is 0 Å². The number of ether oxygens (including phenoxy) is 1. The summed E-state index contributed by atoms with van der Waals surface area (Å²) in [5, 5.41) is 3.72. The van der Waals surface area contributed by atoms with E-state index >= 15 is 0 Å². The van der Waals surface area contributed by atoms with Gasteiger partial charge in [-0.3, -0.25) is 9.59 Å². The number of carbonyl (C=O) groups excluding carboxylic acids is 2. The largest absolute Gasteiger partial charge is 0.378 e. The number of nitrogens with one attached hydrogen (secondary N) is 2. The number of hydrogen-bond acceptors (Lipinski definition) is 3. The number of hydrogen-bond donors (Lipinski definition) is 2. The fourth-order valence-corrected chi connectivity index (χ4v) is 4.54. The number of fused-ring (bicyclic) bond motifs is 1.